The van der Waals surface area contributed by atoms with Gasteiger partial charge in [-0.25, -0.2) is 0 Å². The third-order valence-corrected chi connectivity index (χ3v) is 5.06. The molecule has 0 spiro atoms. The molecule has 0 fully saturated rings. The highest BCUT2D eigenvalue weighted by atomic mass is 35.5. The van der Waals surface area contributed by atoms with Crippen LogP contribution in [0.25, 0.3) is 0 Å². The second-order valence-electron chi connectivity index (χ2n) is 6.92. The highest BCUT2D eigenvalue weighted by Gasteiger charge is 2.36. The second-order valence-corrected chi connectivity index (χ2v) is 7.76. The standard InChI is InChI=1S/C22H14Cl2F6N2O2/c23-13-1-3-14(4-2-13)34-15-5-6-16(17(10-15)22(28,29)30)20(33)31-8-7-19-18(24)9-12(11-32-19)21(25,26)27/h1-6,9-11H,7-8H2,(H,31,33). The molecule has 0 radical (unpaired) electrons. The maximum Gasteiger partial charge on any atom is 0.417 e. The van der Waals surface area contributed by atoms with Crippen molar-refractivity contribution in [2.24, 2.45) is 0 Å². The number of nitrogens with one attached hydrogen (secondary N) is 1. The van der Waals surface area contributed by atoms with Crippen LogP contribution in [0, 0.1) is 0 Å². The molecule has 0 unspecified atom stereocenters. The molecule has 1 amide bonds. The SMILES string of the molecule is O=C(NCCc1ncc(C(F)(F)F)cc1Cl)c1ccc(Oc2ccc(Cl)cc2)cc1C(F)(F)F. The van der Waals surface area contributed by atoms with Crippen LogP contribution in [0.1, 0.15) is 27.2 Å². The Hall–Kier alpha value is -2.98. The lowest BCUT2D eigenvalue weighted by atomic mass is 10.1. The van der Waals surface area contributed by atoms with Crippen molar-refractivity contribution in [1.29, 1.82) is 0 Å². The lowest BCUT2D eigenvalue weighted by Gasteiger charge is -2.15. The van der Waals surface area contributed by atoms with E-state index in [2.05, 4.69) is 10.3 Å². The van der Waals surface area contributed by atoms with Crippen LogP contribution in [0.2, 0.25) is 10.0 Å². The molecule has 1 N–H and O–H groups in total. The zero-order chi connectivity index (χ0) is 25.1. The van der Waals surface area contributed by atoms with Gasteiger partial charge in [0.1, 0.15) is 11.5 Å². The number of hydrogen-bond acceptors (Lipinski definition) is 3. The number of ether oxygens (including phenoxy) is 1. The number of carbonyl (C=O) groups is 1. The summed E-state index contributed by atoms with van der Waals surface area (Å²) in [7, 11) is 0. The van der Waals surface area contributed by atoms with Crippen molar-refractivity contribution in [3.63, 3.8) is 0 Å². The number of amides is 1. The molecule has 0 aliphatic heterocycles. The zero-order valence-electron chi connectivity index (χ0n) is 16.9. The number of pyridine rings is 1. The van der Waals surface area contributed by atoms with E-state index in [1.165, 1.54) is 30.3 Å². The summed E-state index contributed by atoms with van der Waals surface area (Å²) in [5.74, 6) is -0.934. The van der Waals surface area contributed by atoms with E-state index in [9.17, 15) is 31.1 Å². The molecule has 3 aromatic rings. The van der Waals surface area contributed by atoms with Crippen molar-refractivity contribution in [3.05, 3.63) is 87.2 Å². The van der Waals surface area contributed by atoms with Gasteiger partial charge in [0.05, 0.1) is 27.4 Å². The summed E-state index contributed by atoms with van der Waals surface area (Å²) in [6.45, 7) is -0.211. The number of halogens is 8. The molecule has 0 saturated carbocycles. The highest BCUT2D eigenvalue weighted by Crippen LogP contribution is 2.36. The average molecular weight is 523 g/mol. The van der Waals surface area contributed by atoms with E-state index >= 15 is 0 Å². The molecule has 180 valence electrons. The second kappa shape index (κ2) is 10.1. The van der Waals surface area contributed by atoms with Gasteiger partial charge in [-0.3, -0.25) is 9.78 Å². The fraction of sp³-hybridized carbons (Fsp3) is 0.182. The topological polar surface area (TPSA) is 51.2 Å². The molecule has 1 heterocycles. The van der Waals surface area contributed by atoms with Crippen LogP contribution in [-0.4, -0.2) is 17.4 Å². The lowest BCUT2D eigenvalue weighted by Crippen LogP contribution is -2.28. The van der Waals surface area contributed by atoms with Crippen LogP contribution in [0.15, 0.2) is 54.7 Å². The number of hydrogen-bond donors (Lipinski definition) is 1. The number of benzene rings is 2. The molecule has 0 bridgehead atoms. The summed E-state index contributed by atoms with van der Waals surface area (Å²) >= 11 is 11.6. The average Bonchev–Trinajstić information content (AvgIpc) is 2.75. The third kappa shape index (κ3) is 6.54. The van der Waals surface area contributed by atoms with Gasteiger partial charge in [-0.2, -0.15) is 26.3 Å². The molecular weight excluding hydrogens is 509 g/mol. The summed E-state index contributed by atoms with van der Waals surface area (Å²) in [6.07, 6.45) is -8.99. The Morgan fingerprint density at radius 2 is 1.56 bits per heavy atom. The van der Waals surface area contributed by atoms with Gasteiger partial charge in [0.15, 0.2) is 0 Å². The molecule has 34 heavy (non-hydrogen) atoms. The molecular formula is C22H14Cl2F6N2O2. The molecule has 0 aliphatic carbocycles. The molecule has 3 rings (SSSR count). The van der Waals surface area contributed by atoms with Crippen molar-refractivity contribution < 1.29 is 35.9 Å². The van der Waals surface area contributed by atoms with Gasteiger partial charge in [-0.15, -0.1) is 0 Å². The minimum atomic E-state index is -4.86. The Balaban J connectivity index is 1.72. The minimum absolute atomic E-state index is 0.0534. The van der Waals surface area contributed by atoms with E-state index in [-0.39, 0.29) is 35.2 Å². The minimum Gasteiger partial charge on any atom is -0.457 e. The van der Waals surface area contributed by atoms with Crippen molar-refractivity contribution in [2.45, 2.75) is 18.8 Å². The first kappa shape index (κ1) is 25.6. The van der Waals surface area contributed by atoms with E-state index in [1.807, 2.05) is 0 Å². The van der Waals surface area contributed by atoms with Crippen molar-refractivity contribution >= 4 is 29.1 Å². The molecule has 0 aliphatic rings. The zero-order valence-corrected chi connectivity index (χ0v) is 18.4. The Morgan fingerprint density at radius 3 is 2.15 bits per heavy atom. The fourth-order valence-corrected chi connectivity index (χ4v) is 3.24. The molecule has 12 heteroatoms. The van der Waals surface area contributed by atoms with Crippen LogP contribution in [-0.2, 0) is 18.8 Å². The monoisotopic (exact) mass is 522 g/mol. The summed E-state index contributed by atoms with van der Waals surface area (Å²) in [6, 6.07) is 9.49. The number of carbonyl (C=O) groups excluding carboxylic acids is 1. The Morgan fingerprint density at radius 1 is 0.912 bits per heavy atom. The van der Waals surface area contributed by atoms with Gasteiger partial charge in [0.25, 0.3) is 5.91 Å². The van der Waals surface area contributed by atoms with E-state index in [4.69, 9.17) is 27.9 Å². The van der Waals surface area contributed by atoms with E-state index in [1.54, 1.807) is 0 Å². The number of nitrogens with zero attached hydrogens (tertiary/aromatic N) is 1. The van der Waals surface area contributed by atoms with Gasteiger partial charge in [0, 0.05) is 24.2 Å². The number of aromatic nitrogens is 1. The predicted octanol–water partition coefficient (Wildman–Crippen LogP) is 7.19. The summed E-state index contributed by atoms with van der Waals surface area (Å²) < 4.78 is 84.2. The van der Waals surface area contributed by atoms with Crippen LogP contribution >= 0.6 is 23.2 Å². The van der Waals surface area contributed by atoms with Crippen LogP contribution in [0.5, 0.6) is 11.5 Å². The van der Waals surface area contributed by atoms with Crippen LogP contribution in [0.3, 0.4) is 0 Å². The molecule has 1 aromatic heterocycles. The Bertz CT molecular complexity index is 1180. The molecule has 0 saturated heterocycles. The largest absolute Gasteiger partial charge is 0.457 e. The molecule has 0 atom stereocenters. The number of alkyl halides is 6. The first-order chi connectivity index (χ1) is 15.8. The maximum atomic E-state index is 13.6. The van der Waals surface area contributed by atoms with Crippen LogP contribution in [0.4, 0.5) is 26.3 Å². The predicted molar refractivity (Wildman–Crippen MR) is 113 cm³/mol. The van der Waals surface area contributed by atoms with Crippen molar-refractivity contribution in [1.82, 2.24) is 10.3 Å². The third-order valence-electron chi connectivity index (χ3n) is 4.48. The maximum absolute atomic E-state index is 13.6. The van der Waals surface area contributed by atoms with Crippen molar-refractivity contribution in [2.75, 3.05) is 6.54 Å². The number of rotatable bonds is 6. The Kier molecular flexibility index (Phi) is 7.62. The van der Waals surface area contributed by atoms with Gasteiger partial charge in [-0.05, 0) is 48.5 Å². The fourth-order valence-electron chi connectivity index (χ4n) is 2.85. The van der Waals surface area contributed by atoms with Gasteiger partial charge >= 0.3 is 12.4 Å². The summed E-state index contributed by atoms with van der Waals surface area (Å²) in [4.78, 5) is 16.0. The summed E-state index contributed by atoms with van der Waals surface area (Å²) in [5.41, 5.74) is -2.86. The normalized spacial score (nSPS) is 11.9. The molecule has 2 aromatic carbocycles. The first-order valence-corrected chi connectivity index (χ1v) is 10.2. The Labute approximate surface area is 199 Å². The van der Waals surface area contributed by atoms with Crippen molar-refractivity contribution in [3.8, 4) is 11.5 Å². The van der Waals surface area contributed by atoms with Gasteiger partial charge < -0.3 is 10.1 Å². The molecule has 4 nitrogen and oxygen atoms in total. The quantitative estimate of drug-likeness (QED) is 0.348. The first-order valence-electron chi connectivity index (χ1n) is 9.49. The van der Waals surface area contributed by atoms with Gasteiger partial charge in [0.2, 0.25) is 0 Å². The smallest absolute Gasteiger partial charge is 0.417 e. The van der Waals surface area contributed by atoms with Crippen LogP contribution < -0.4 is 10.1 Å². The summed E-state index contributed by atoms with van der Waals surface area (Å²) in [5, 5.41) is 2.44. The lowest BCUT2D eigenvalue weighted by molar-refractivity contribution is -0.138. The van der Waals surface area contributed by atoms with E-state index < -0.39 is 35.0 Å². The van der Waals surface area contributed by atoms with Gasteiger partial charge in [-0.1, -0.05) is 23.2 Å². The van der Waals surface area contributed by atoms with E-state index in [0.29, 0.717) is 23.4 Å². The van der Waals surface area contributed by atoms with E-state index in [0.717, 1.165) is 6.07 Å². The highest BCUT2D eigenvalue weighted by molar-refractivity contribution is 6.31.